The van der Waals surface area contributed by atoms with Gasteiger partial charge in [0.05, 0.1) is 28.8 Å². The van der Waals surface area contributed by atoms with Crippen LogP contribution in [0.3, 0.4) is 0 Å². The first-order chi connectivity index (χ1) is 12.0. The van der Waals surface area contributed by atoms with Crippen molar-refractivity contribution < 1.29 is 4.39 Å². The number of nitrogens with two attached hydrogens (primary N) is 1. The van der Waals surface area contributed by atoms with Crippen molar-refractivity contribution in [2.24, 2.45) is 16.6 Å². The van der Waals surface area contributed by atoms with Gasteiger partial charge in [0.25, 0.3) is 0 Å². The quantitative estimate of drug-likeness (QED) is 0.884. The summed E-state index contributed by atoms with van der Waals surface area (Å²) in [6, 6.07) is 0. The average Bonchev–Trinajstić information content (AvgIpc) is 3.22. The van der Waals surface area contributed by atoms with Gasteiger partial charge in [-0.15, -0.1) is 11.3 Å². The topological polar surface area (TPSA) is 80.3 Å². The summed E-state index contributed by atoms with van der Waals surface area (Å²) in [7, 11) is 0. The summed E-state index contributed by atoms with van der Waals surface area (Å²) in [5.41, 5.74) is 7.91. The van der Waals surface area contributed by atoms with Gasteiger partial charge in [0.2, 0.25) is 5.95 Å². The van der Waals surface area contributed by atoms with E-state index in [1.165, 1.54) is 6.20 Å². The fraction of sp³-hybridized carbons (Fsp3) is 0.500. The number of hydrogen-bond acceptors (Lipinski definition) is 8. The van der Waals surface area contributed by atoms with Crippen molar-refractivity contribution in [1.29, 1.82) is 0 Å². The van der Waals surface area contributed by atoms with Gasteiger partial charge in [-0.05, 0) is 5.92 Å². The Morgan fingerprint density at radius 3 is 2.96 bits per heavy atom. The van der Waals surface area contributed by atoms with Gasteiger partial charge in [0.1, 0.15) is 5.54 Å². The maximum absolute atomic E-state index is 14.0. The maximum Gasteiger partial charge on any atom is 0.225 e. The number of amidine groups is 1. The molecule has 0 aromatic carbocycles. The number of halogens is 1. The van der Waals surface area contributed by atoms with Crippen molar-refractivity contribution >= 4 is 34.2 Å². The van der Waals surface area contributed by atoms with Crippen molar-refractivity contribution in [2.75, 3.05) is 23.7 Å². The molecule has 1 fully saturated rings. The van der Waals surface area contributed by atoms with Crippen LogP contribution in [0.5, 0.6) is 0 Å². The number of nitrogens with zero attached hydrogens (tertiary/aromatic N) is 5. The highest BCUT2D eigenvalue weighted by Gasteiger charge is 2.51. The van der Waals surface area contributed by atoms with E-state index in [-0.39, 0.29) is 11.7 Å². The molecule has 0 aliphatic carbocycles. The first-order valence-corrected chi connectivity index (χ1v) is 10.0. The van der Waals surface area contributed by atoms with Crippen LogP contribution in [0, 0.1) is 11.7 Å². The van der Waals surface area contributed by atoms with Crippen molar-refractivity contribution in [3.63, 3.8) is 0 Å². The van der Waals surface area contributed by atoms with E-state index in [1.54, 1.807) is 23.1 Å². The molecule has 2 aromatic rings. The van der Waals surface area contributed by atoms with Crippen molar-refractivity contribution in [1.82, 2.24) is 15.0 Å². The Hall–Kier alpha value is -1.74. The van der Waals surface area contributed by atoms with E-state index in [0.717, 1.165) is 17.2 Å². The van der Waals surface area contributed by atoms with Crippen LogP contribution in [0.15, 0.2) is 22.9 Å². The molecule has 2 aromatic heterocycles. The second-order valence-corrected chi connectivity index (χ2v) is 8.61. The molecule has 0 amide bonds. The Bertz CT molecular complexity index is 809. The van der Waals surface area contributed by atoms with E-state index in [4.69, 9.17) is 10.7 Å². The normalized spacial score (nSPS) is 26.0. The SMILES string of the molecule is CC(C)c1nc(N2CC3CSC(N)=NC3(c3cncs3)C2)ncc1F. The van der Waals surface area contributed by atoms with Gasteiger partial charge in [0, 0.05) is 24.4 Å². The van der Waals surface area contributed by atoms with Crippen LogP contribution in [0.4, 0.5) is 10.3 Å². The Labute approximate surface area is 153 Å². The highest BCUT2D eigenvalue weighted by molar-refractivity contribution is 8.13. The van der Waals surface area contributed by atoms with Crippen LogP contribution in [-0.4, -0.2) is 39.0 Å². The van der Waals surface area contributed by atoms with Crippen LogP contribution in [0.1, 0.15) is 30.3 Å². The molecule has 9 heteroatoms. The fourth-order valence-corrected chi connectivity index (χ4v) is 5.30. The summed E-state index contributed by atoms with van der Waals surface area (Å²) in [5, 5.41) is 0.606. The monoisotopic (exact) mass is 378 g/mol. The van der Waals surface area contributed by atoms with Crippen LogP contribution in [0.25, 0.3) is 0 Å². The predicted molar refractivity (Wildman–Crippen MR) is 99.7 cm³/mol. The Kier molecular flexibility index (Phi) is 4.15. The first kappa shape index (κ1) is 16.7. The van der Waals surface area contributed by atoms with Crippen LogP contribution in [0.2, 0.25) is 0 Å². The van der Waals surface area contributed by atoms with Crippen LogP contribution >= 0.6 is 23.1 Å². The number of hydrogen-bond donors (Lipinski definition) is 1. The van der Waals surface area contributed by atoms with Gasteiger partial charge in [-0.2, -0.15) is 0 Å². The zero-order chi connectivity index (χ0) is 17.6. The van der Waals surface area contributed by atoms with E-state index in [9.17, 15) is 4.39 Å². The minimum Gasteiger partial charge on any atom is -0.379 e. The third-order valence-electron chi connectivity index (χ3n) is 4.74. The smallest absolute Gasteiger partial charge is 0.225 e. The second kappa shape index (κ2) is 6.21. The number of anilines is 1. The van der Waals surface area contributed by atoms with Gasteiger partial charge in [-0.25, -0.2) is 19.4 Å². The van der Waals surface area contributed by atoms with E-state index in [0.29, 0.717) is 29.3 Å². The first-order valence-electron chi connectivity index (χ1n) is 8.14. The zero-order valence-corrected chi connectivity index (χ0v) is 15.6. The number of aliphatic imine (C=N–C) groups is 1. The molecule has 0 saturated carbocycles. The molecule has 2 aliphatic rings. The molecule has 6 nitrogen and oxygen atoms in total. The highest BCUT2D eigenvalue weighted by Crippen LogP contribution is 2.47. The van der Waals surface area contributed by atoms with Crippen molar-refractivity contribution in [2.45, 2.75) is 25.3 Å². The largest absolute Gasteiger partial charge is 0.379 e. The Balaban J connectivity index is 1.73. The minimum absolute atomic E-state index is 0.00584. The van der Waals surface area contributed by atoms with Crippen molar-refractivity contribution in [3.05, 3.63) is 34.3 Å². The molecule has 132 valence electrons. The molecular formula is C16H19FN6S2. The highest BCUT2D eigenvalue weighted by atomic mass is 32.2. The molecule has 0 bridgehead atoms. The molecule has 2 N–H and O–H groups in total. The standard InChI is InChI=1S/C16H19FN6S2/c1-9(2)13-11(17)3-20-15(21-13)23-5-10-6-24-14(18)22-16(10,7-23)12-4-19-8-25-12/h3-4,8-10H,5-7H2,1-2H3,(H2,18,22). The lowest BCUT2D eigenvalue weighted by Gasteiger charge is -2.32. The van der Waals surface area contributed by atoms with Gasteiger partial charge >= 0.3 is 0 Å². The predicted octanol–water partition coefficient (Wildman–Crippen LogP) is 2.59. The van der Waals surface area contributed by atoms with E-state index in [1.807, 2.05) is 25.6 Å². The number of fused-ring (bicyclic) bond motifs is 1. The molecule has 2 aliphatic heterocycles. The molecule has 0 spiro atoms. The lowest BCUT2D eigenvalue weighted by molar-refractivity contribution is 0.394. The van der Waals surface area contributed by atoms with Gasteiger partial charge in [-0.1, -0.05) is 25.6 Å². The fourth-order valence-electron chi connectivity index (χ4n) is 3.48. The molecule has 4 heterocycles. The lowest BCUT2D eigenvalue weighted by Crippen LogP contribution is -2.39. The molecular weight excluding hydrogens is 359 g/mol. The summed E-state index contributed by atoms with van der Waals surface area (Å²) in [6.07, 6.45) is 3.14. The van der Waals surface area contributed by atoms with Crippen LogP contribution < -0.4 is 10.6 Å². The third kappa shape index (κ3) is 2.79. The van der Waals surface area contributed by atoms with E-state index in [2.05, 4.69) is 19.9 Å². The summed E-state index contributed by atoms with van der Waals surface area (Å²) in [6.45, 7) is 5.26. The summed E-state index contributed by atoms with van der Waals surface area (Å²) >= 11 is 3.18. The minimum atomic E-state index is -0.410. The lowest BCUT2D eigenvalue weighted by atomic mass is 9.87. The summed E-state index contributed by atoms with van der Waals surface area (Å²) in [4.78, 5) is 21.0. The van der Waals surface area contributed by atoms with E-state index >= 15 is 0 Å². The number of aromatic nitrogens is 3. The molecule has 25 heavy (non-hydrogen) atoms. The Morgan fingerprint density at radius 1 is 1.40 bits per heavy atom. The average molecular weight is 379 g/mol. The number of rotatable bonds is 3. The Morgan fingerprint density at radius 2 is 2.24 bits per heavy atom. The molecule has 2 atom stereocenters. The molecule has 4 rings (SSSR count). The van der Waals surface area contributed by atoms with Crippen LogP contribution in [-0.2, 0) is 5.54 Å². The number of thioether (sulfide) groups is 1. The van der Waals surface area contributed by atoms with Crippen molar-refractivity contribution in [3.8, 4) is 0 Å². The molecule has 2 unspecified atom stereocenters. The van der Waals surface area contributed by atoms with Gasteiger partial charge in [0.15, 0.2) is 11.0 Å². The number of thiazole rings is 1. The second-order valence-electron chi connectivity index (χ2n) is 6.69. The van der Waals surface area contributed by atoms with Gasteiger partial charge in [-0.3, -0.25) is 4.98 Å². The maximum atomic E-state index is 14.0. The zero-order valence-electron chi connectivity index (χ0n) is 14.0. The van der Waals surface area contributed by atoms with E-state index < -0.39 is 5.54 Å². The third-order valence-corrected chi connectivity index (χ3v) is 6.63. The molecule has 1 saturated heterocycles. The molecule has 0 radical (unpaired) electrons. The van der Waals surface area contributed by atoms with Gasteiger partial charge < -0.3 is 10.6 Å². The summed E-state index contributed by atoms with van der Waals surface area (Å²) in [5.74, 6) is 1.39. The summed E-state index contributed by atoms with van der Waals surface area (Å²) < 4.78 is 14.0.